The third-order valence-electron chi connectivity index (χ3n) is 3.45. The summed E-state index contributed by atoms with van der Waals surface area (Å²) in [4.78, 5) is 24.3. The molecule has 2 N–H and O–H groups in total. The molecule has 2 rings (SSSR count). The fourth-order valence-corrected chi connectivity index (χ4v) is 2.06. The van der Waals surface area contributed by atoms with Crippen LogP contribution in [0.5, 0.6) is 0 Å². The first-order valence-electron chi connectivity index (χ1n) is 7.21. The van der Waals surface area contributed by atoms with Gasteiger partial charge in [0.25, 0.3) is 5.91 Å². The molecule has 114 valence electrons. The summed E-state index contributed by atoms with van der Waals surface area (Å²) in [6.07, 6.45) is 0. The van der Waals surface area contributed by atoms with E-state index in [1.165, 1.54) is 0 Å². The van der Waals surface area contributed by atoms with Crippen LogP contribution in [-0.4, -0.2) is 17.9 Å². The molecule has 0 aliphatic carbocycles. The molecule has 22 heavy (non-hydrogen) atoms. The molecule has 0 heterocycles. The molecular weight excluding hydrogens is 276 g/mol. The number of hydrogen-bond acceptors (Lipinski definition) is 2. The molecule has 0 saturated heterocycles. The first-order valence-corrected chi connectivity index (χ1v) is 7.21. The van der Waals surface area contributed by atoms with Crippen molar-refractivity contribution in [3.05, 3.63) is 65.2 Å². The van der Waals surface area contributed by atoms with Crippen molar-refractivity contribution in [2.75, 3.05) is 5.32 Å². The number of nitrogens with one attached hydrogen (secondary N) is 2. The molecule has 4 nitrogen and oxygen atoms in total. The molecule has 0 bridgehead atoms. The molecule has 0 spiro atoms. The maximum absolute atomic E-state index is 12.2. The van der Waals surface area contributed by atoms with Crippen molar-refractivity contribution in [2.24, 2.45) is 0 Å². The number of carbonyl (C=O) groups is 2. The number of hydrogen-bond donors (Lipinski definition) is 2. The van der Waals surface area contributed by atoms with Gasteiger partial charge in [0.2, 0.25) is 5.91 Å². The maximum atomic E-state index is 12.2. The average Bonchev–Trinajstić information content (AvgIpc) is 2.49. The zero-order valence-electron chi connectivity index (χ0n) is 13.0. The van der Waals surface area contributed by atoms with Gasteiger partial charge in [-0.15, -0.1) is 0 Å². The maximum Gasteiger partial charge on any atom is 0.252 e. The Morgan fingerprint density at radius 3 is 2.23 bits per heavy atom. The predicted molar refractivity (Wildman–Crippen MR) is 87.9 cm³/mol. The summed E-state index contributed by atoms with van der Waals surface area (Å²) in [5.74, 6) is -0.490. The Hall–Kier alpha value is -2.62. The van der Waals surface area contributed by atoms with Crippen LogP contribution in [0.4, 0.5) is 5.69 Å². The number of rotatable bonds is 4. The van der Waals surface area contributed by atoms with Crippen LogP contribution in [-0.2, 0) is 4.79 Å². The van der Waals surface area contributed by atoms with Gasteiger partial charge in [0.15, 0.2) is 0 Å². The first kappa shape index (κ1) is 15.8. The Morgan fingerprint density at radius 1 is 0.955 bits per heavy atom. The lowest BCUT2D eigenvalue weighted by atomic mass is 10.1. The molecule has 4 heteroatoms. The zero-order chi connectivity index (χ0) is 16.1. The Balaban J connectivity index is 1.98. The topological polar surface area (TPSA) is 58.2 Å². The summed E-state index contributed by atoms with van der Waals surface area (Å²) >= 11 is 0. The van der Waals surface area contributed by atoms with Crippen molar-refractivity contribution >= 4 is 17.5 Å². The highest BCUT2D eigenvalue weighted by molar-refractivity contribution is 6.01. The molecule has 0 radical (unpaired) electrons. The molecule has 0 aliphatic rings. The van der Waals surface area contributed by atoms with E-state index in [9.17, 15) is 9.59 Å². The van der Waals surface area contributed by atoms with E-state index in [0.717, 1.165) is 11.1 Å². The smallest absolute Gasteiger partial charge is 0.252 e. The van der Waals surface area contributed by atoms with Crippen molar-refractivity contribution in [3.8, 4) is 0 Å². The van der Waals surface area contributed by atoms with Crippen molar-refractivity contribution in [1.29, 1.82) is 0 Å². The normalized spacial score (nSPS) is 11.6. The van der Waals surface area contributed by atoms with Gasteiger partial charge in [-0.1, -0.05) is 35.9 Å². The van der Waals surface area contributed by atoms with Gasteiger partial charge in [0.1, 0.15) is 6.04 Å². The summed E-state index contributed by atoms with van der Waals surface area (Å²) < 4.78 is 0. The van der Waals surface area contributed by atoms with Crippen LogP contribution >= 0.6 is 0 Å². The minimum atomic E-state index is -0.617. The van der Waals surface area contributed by atoms with Crippen molar-refractivity contribution in [3.63, 3.8) is 0 Å². The van der Waals surface area contributed by atoms with Crippen LogP contribution < -0.4 is 10.6 Å². The second-order valence-corrected chi connectivity index (χ2v) is 5.37. The molecule has 0 aromatic heterocycles. The van der Waals surface area contributed by atoms with Gasteiger partial charge >= 0.3 is 0 Å². The van der Waals surface area contributed by atoms with Crippen LogP contribution in [0, 0.1) is 13.8 Å². The quantitative estimate of drug-likeness (QED) is 0.911. The summed E-state index contributed by atoms with van der Waals surface area (Å²) in [5, 5.41) is 5.50. The summed E-state index contributed by atoms with van der Waals surface area (Å²) in [6.45, 7) is 5.52. The van der Waals surface area contributed by atoms with E-state index in [4.69, 9.17) is 0 Å². The molecule has 0 unspecified atom stereocenters. The van der Waals surface area contributed by atoms with E-state index in [0.29, 0.717) is 11.3 Å². The lowest BCUT2D eigenvalue weighted by molar-refractivity contribution is -0.117. The van der Waals surface area contributed by atoms with Crippen LogP contribution in [0.15, 0.2) is 48.5 Å². The molecule has 0 aliphatic heterocycles. The fourth-order valence-electron chi connectivity index (χ4n) is 2.06. The fraction of sp³-hybridized carbons (Fsp3) is 0.222. The van der Waals surface area contributed by atoms with Crippen LogP contribution in [0.2, 0.25) is 0 Å². The summed E-state index contributed by atoms with van der Waals surface area (Å²) in [7, 11) is 0. The van der Waals surface area contributed by atoms with Gasteiger partial charge in [0, 0.05) is 11.3 Å². The van der Waals surface area contributed by atoms with Crippen molar-refractivity contribution in [2.45, 2.75) is 26.8 Å². The molecule has 1 atom stereocenters. The third kappa shape index (κ3) is 3.95. The molecular formula is C18H20N2O2. The van der Waals surface area contributed by atoms with Gasteiger partial charge in [0.05, 0.1) is 0 Å². The van der Waals surface area contributed by atoms with E-state index in [2.05, 4.69) is 10.6 Å². The average molecular weight is 296 g/mol. The molecule has 0 saturated carbocycles. The monoisotopic (exact) mass is 296 g/mol. The largest absolute Gasteiger partial charge is 0.341 e. The van der Waals surface area contributed by atoms with Gasteiger partial charge < -0.3 is 10.6 Å². The Morgan fingerprint density at radius 2 is 1.59 bits per heavy atom. The van der Waals surface area contributed by atoms with Gasteiger partial charge in [-0.2, -0.15) is 0 Å². The third-order valence-corrected chi connectivity index (χ3v) is 3.45. The van der Waals surface area contributed by atoms with E-state index in [-0.39, 0.29) is 11.8 Å². The standard InChI is InChI=1S/C18H20N2O2/c1-12-8-10-15(11-9-12)20-17(21)14(3)19-18(22)16-7-5-4-6-13(16)2/h4-11,14H,1-3H3,(H,19,22)(H,20,21)/t14-/m0/s1. The van der Waals surface area contributed by atoms with Gasteiger partial charge in [-0.05, 0) is 44.5 Å². The second kappa shape index (κ2) is 6.89. The van der Waals surface area contributed by atoms with E-state index < -0.39 is 6.04 Å². The summed E-state index contributed by atoms with van der Waals surface area (Å²) in [6, 6.07) is 14.2. The SMILES string of the molecule is Cc1ccc(NC(=O)[C@H](C)NC(=O)c2ccccc2C)cc1. The van der Waals surface area contributed by atoms with Gasteiger partial charge in [-0.3, -0.25) is 9.59 Å². The van der Waals surface area contributed by atoms with Crippen molar-refractivity contribution < 1.29 is 9.59 Å². The van der Waals surface area contributed by atoms with E-state index in [1.807, 2.05) is 50.2 Å². The zero-order valence-corrected chi connectivity index (χ0v) is 13.0. The molecule has 2 amide bonds. The Bertz CT molecular complexity index is 678. The van der Waals surface area contributed by atoms with Crippen LogP contribution in [0.3, 0.4) is 0 Å². The van der Waals surface area contributed by atoms with Crippen LogP contribution in [0.25, 0.3) is 0 Å². The first-order chi connectivity index (χ1) is 10.5. The minimum Gasteiger partial charge on any atom is -0.341 e. The Labute approximate surface area is 130 Å². The van der Waals surface area contributed by atoms with Gasteiger partial charge in [-0.25, -0.2) is 0 Å². The predicted octanol–water partition coefficient (Wildman–Crippen LogP) is 3.06. The Kier molecular flexibility index (Phi) is 4.94. The lowest BCUT2D eigenvalue weighted by Gasteiger charge is -2.15. The van der Waals surface area contributed by atoms with E-state index in [1.54, 1.807) is 19.1 Å². The number of anilines is 1. The minimum absolute atomic E-state index is 0.245. The van der Waals surface area contributed by atoms with Crippen LogP contribution in [0.1, 0.15) is 28.4 Å². The van der Waals surface area contributed by atoms with Crippen molar-refractivity contribution in [1.82, 2.24) is 5.32 Å². The number of amides is 2. The lowest BCUT2D eigenvalue weighted by Crippen LogP contribution is -2.41. The van der Waals surface area contributed by atoms with E-state index >= 15 is 0 Å². The molecule has 0 fully saturated rings. The number of benzene rings is 2. The number of carbonyl (C=O) groups excluding carboxylic acids is 2. The highest BCUT2D eigenvalue weighted by Crippen LogP contribution is 2.10. The summed E-state index contributed by atoms with van der Waals surface area (Å²) in [5.41, 5.74) is 3.30. The number of aryl methyl sites for hydroxylation is 2. The highest BCUT2D eigenvalue weighted by atomic mass is 16.2. The molecule has 2 aromatic carbocycles. The second-order valence-electron chi connectivity index (χ2n) is 5.37. The molecule has 2 aromatic rings. The highest BCUT2D eigenvalue weighted by Gasteiger charge is 2.17.